The van der Waals surface area contributed by atoms with Crippen LogP contribution in [-0.4, -0.2) is 29.7 Å². The topological polar surface area (TPSA) is 72.4 Å². The van der Waals surface area contributed by atoms with E-state index in [9.17, 15) is 9.59 Å². The van der Waals surface area contributed by atoms with E-state index in [0.717, 1.165) is 31.6 Å². The highest BCUT2D eigenvalue weighted by Crippen LogP contribution is 2.19. The summed E-state index contributed by atoms with van der Waals surface area (Å²) in [5.74, 6) is 0.559. The Kier molecular flexibility index (Phi) is 5.65. The Hall–Kier alpha value is -2.60. The highest BCUT2D eigenvalue weighted by molar-refractivity contribution is 5.94. The number of hydrogen-bond acceptors (Lipinski definition) is 4. The SMILES string of the molecule is CC(C)(C)C(=O)Nc1ccc(-n2ccc(OC3CCNCC3)cc2=O)cc1. The molecule has 6 heteroatoms. The van der Waals surface area contributed by atoms with Crippen LogP contribution < -0.4 is 20.9 Å². The summed E-state index contributed by atoms with van der Waals surface area (Å²) < 4.78 is 7.48. The number of pyridine rings is 1. The molecule has 0 radical (unpaired) electrons. The first-order valence-corrected chi connectivity index (χ1v) is 9.35. The zero-order chi connectivity index (χ0) is 19.4. The van der Waals surface area contributed by atoms with Gasteiger partial charge in [-0.15, -0.1) is 0 Å². The van der Waals surface area contributed by atoms with Gasteiger partial charge in [0, 0.05) is 29.1 Å². The highest BCUT2D eigenvalue weighted by Gasteiger charge is 2.21. The molecule has 1 aromatic carbocycles. The van der Waals surface area contributed by atoms with Crippen LogP contribution in [0.5, 0.6) is 5.75 Å². The fourth-order valence-electron chi connectivity index (χ4n) is 2.88. The van der Waals surface area contributed by atoms with E-state index in [4.69, 9.17) is 4.74 Å². The number of rotatable bonds is 4. The maximum Gasteiger partial charge on any atom is 0.258 e. The van der Waals surface area contributed by atoms with E-state index in [1.54, 1.807) is 22.9 Å². The van der Waals surface area contributed by atoms with Crippen LogP contribution in [0.1, 0.15) is 33.6 Å². The van der Waals surface area contributed by atoms with Crippen LogP contribution in [0, 0.1) is 5.41 Å². The number of anilines is 1. The summed E-state index contributed by atoms with van der Waals surface area (Å²) in [5, 5.41) is 6.17. The predicted molar refractivity (Wildman–Crippen MR) is 107 cm³/mol. The van der Waals surface area contributed by atoms with Crippen LogP contribution in [0.3, 0.4) is 0 Å². The van der Waals surface area contributed by atoms with Crippen LogP contribution in [-0.2, 0) is 4.79 Å². The van der Waals surface area contributed by atoms with Gasteiger partial charge in [-0.05, 0) is 56.3 Å². The number of hydrogen-bond donors (Lipinski definition) is 2. The summed E-state index contributed by atoms with van der Waals surface area (Å²) in [6.07, 6.45) is 3.78. The third kappa shape index (κ3) is 4.98. The molecule has 1 aliphatic heterocycles. The minimum absolute atomic E-state index is 0.0492. The Labute approximate surface area is 159 Å². The van der Waals surface area contributed by atoms with Gasteiger partial charge in [-0.2, -0.15) is 0 Å². The third-order valence-corrected chi connectivity index (χ3v) is 4.56. The lowest BCUT2D eigenvalue weighted by Crippen LogP contribution is -2.34. The number of ether oxygens (including phenoxy) is 1. The first-order chi connectivity index (χ1) is 12.8. The third-order valence-electron chi connectivity index (χ3n) is 4.56. The number of nitrogens with one attached hydrogen (secondary N) is 2. The number of carbonyl (C=O) groups excluding carboxylic acids is 1. The second-order valence-corrected chi connectivity index (χ2v) is 7.89. The number of aromatic nitrogens is 1. The zero-order valence-electron chi connectivity index (χ0n) is 16.1. The molecule has 1 aliphatic rings. The molecule has 0 atom stereocenters. The Morgan fingerprint density at radius 2 is 1.81 bits per heavy atom. The molecule has 0 spiro atoms. The van der Waals surface area contributed by atoms with Gasteiger partial charge in [-0.3, -0.25) is 14.2 Å². The molecule has 2 heterocycles. The number of amides is 1. The van der Waals surface area contributed by atoms with Crippen LogP contribution in [0.2, 0.25) is 0 Å². The first kappa shape index (κ1) is 19.2. The summed E-state index contributed by atoms with van der Waals surface area (Å²) in [7, 11) is 0. The molecular formula is C21H27N3O3. The molecule has 0 saturated carbocycles. The molecule has 1 fully saturated rings. The van der Waals surface area contributed by atoms with Crippen molar-refractivity contribution in [3.05, 3.63) is 52.9 Å². The van der Waals surface area contributed by atoms with E-state index in [1.807, 2.05) is 39.0 Å². The summed E-state index contributed by atoms with van der Waals surface area (Å²) in [4.78, 5) is 24.5. The van der Waals surface area contributed by atoms with Gasteiger partial charge >= 0.3 is 0 Å². The van der Waals surface area contributed by atoms with Crippen LogP contribution in [0.4, 0.5) is 5.69 Å². The number of nitrogens with zero attached hydrogens (tertiary/aromatic N) is 1. The van der Waals surface area contributed by atoms with Crippen molar-refractivity contribution in [1.29, 1.82) is 0 Å². The normalized spacial score (nSPS) is 15.4. The summed E-state index contributed by atoms with van der Waals surface area (Å²) in [5.41, 5.74) is 0.840. The van der Waals surface area contributed by atoms with Gasteiger partial charge in [0.1, 0.15) is 11.9 Å². The average molecular weight is 369 g/mol. The molecular weight excluding hydrogens is 342 g/mol. The van der Waals surface area contributed by atoms with E-state index in [-0.39, 0.29) is 17.6 Å². The van der Waals surface area contributed by atoms with Gasteiger partial charge in [-0.25, -0.2) is 0 Å². The van der Waals surface area contributed by atoms with Crippen LogP contribution in [0.25, 0.3) is 5.69 Å². The average Bonchev–Trinajstić information content (AvgIpc) is 2.63. The lowest BCUT2D eigenvalue weighted by molar-refractivity contribution is -0.123. The zero-order valence-corrected chi connectivity index (χ0v) is 16.1. The van der Waals surface area contributed by atoms with Crippen molar-refractivity contribution in [3.8, 4) is 11.4 Å². The standard InChI is InChI=1S/C21H27N3O3/c1-21(2,3)20(26)23-15-4-6-16(7-5-15)24-13-10-18(14-19(24)25)27-17-8-11-22-12-9-17/h4-7,10,13-14,17,22H,8-9,11-12H2,1-3H3,(H,23,26). The van der Waals surface area contributed by atoms with E-state index >= 15 is 0 Å². The molecule has 2 N–H and O–H groups in total. The minimum Gasteiger partial charge on any atom is -0.490 e. The first-order valence-electron chi connectivity index (χ1n) is 9.35. The largest absolute Gasteiger partial charge is 0.490 e. The van der Waals surface area contributed by atoms with Gasteiger partial charge in [0.05, 0.1) is 0 Å². The molecule has 6 nitrogen and oxygen atoms in total. The van der Waals surface area contributed by atoms with Crippen molar-refractivity contribution in [1.82, 2.24) is 9.88 Å². The van der Waals surface area contributed by atoms with Crippen molar-refractivity contribution in [2.24, 2.45) is 5.41 Å². The maximum absolute atomic E-state index is 12.5. The molecule has 3 rings (SSSR count). The van der Waals surface area contributed by atoms with Crippen molar-refractivity contribution in [3.63, 3.8) is 0 Å². The lowest BCUT2D eigenvalue weighted by atomic mass is 9.95. The predicted octanol–water partition coefficient (Wildman–Crippen LogP) is 2.95. The maximum atomic E-state index is 12.5. The number of benzene rings is 1. The van der Waals surface area contributed by atoms with E-state index in [1.165, 1.54) is 6.07 Å². The number of carbonyl (C=O) groups is 1. The van der Waals surface area contributed by atoms with Crippen LogP contribution >= 0.6 is 0 Å². The second-order valence-electron chi connectivity index (χ2n) is 7.89. The molecule has 0 bridgehead atoms. The van der Waals surface area contributed by atoms with Crippen LogP contribution in [0.15, 0.2) is 47.4 Å². The molecule has 0 aliphatic carbocycles. The molecule has 1 amide bonds. The Balaban J connectivity index is 1.70. The van der Waals surface area contributed by atoms with E-state index in [2.05, 4.69) is 10.6 Å². The summed E-state index contributed by atoms with van der Waals surface area (Å²) in [6.45, 7) is 7.48. The lowest BCUT2D eigenvalue weighted by Gasteiger charge is -2.23. The smallest absolute Gasteiger partial charge is 0.258 e. The molecule has 1 aromatic heterocycles. The molecule has 0 unspecified atom stereocenters. The quantitative estimate of drug-likeness (QED) is 0.869. The minimum atomic E-state index is -0.458. The van der Waals surface area contributed by atoms with Gasteiger partial charge in [0.25, 0.3) is 5.56 Å². The van der Waals surface area contributed by atoms with E-state index in [0.29, 0.717) is 11.4 Å². The van der Waals surface area contributed by atoms with Gasteiger partial charge in [-0.1, -0.05) is 20.8 Å². The van der Waals surface area contributed by atoms with Crippen molar-refractivity contribution < 1.29 is 9.53 Å². The van der Waals surface area contributed by atoms with Crippen molar-refractivity contribution in [2.75, 3.05) is 18.4 Å². The molecule has 2 aromatic rings. The fourth-order valence-corrected chi connectivity index (χ4v) is 2.88. The van der Waals surface area contributed by atoms with Crippen molar-refractivity contribution >= 4 is 11.6 Å². The molecule has 27 heavy (non-hydrogen) atoms. The fraction of sp³-hybridized carbons (Fsp3) is 0.429. The monoisotopic (exact) mass is 369 g/mol. The van der Waals surface area contributed by atoms with Gasteiger partial charge < -0.3 is 15.4 Å². The van der Waals surface area contributed by atoms with E-state index < -0.39 is 5.41 Å². The van der Waals surface area contributed by atoms with Gasteiger partial charge in [0.2, 0.25) is 5.91 Å². The van der Waals surface area contributed by atoms with Crippen molar-refractivity contribution in [2.45, 2.75) is 39.7 Å². The Morgan fingerprint density at radius 3 is 2.41 bits per heavy atom. The molecule has 144 valence electrons. The Bertz CT molecular complexity index is 844. The molecule has 1 saturated heterocycles. The highest BCUT2D eigenvalue weighted by atomic mass is 16.5. The Morgan fingerprint density at radius 1 is 1.15 bits per heavy atom. The number of piperidine rings is 1. The summed E-state index contributed by atoms with van der Waals surface area (Å²) >= 11 is 0. The second kappa shape index (κ2) is 7.96. The van der Waals surface area contributed by atoms with Gasteiger partial charge in [0.15, 0.2) is 0 Å². The summed E-state index contributed by atoms with van der Waals surface area (Å²) in [6, 6.07) is 10.6.